The van der Waals surface area contributed by atoms with E-state index in [2.05, 4.69) is 0 Å². The summed E-state index contributed by atoms with van der Waals surface area (Å²) in [4.78, 5) is 13.9. The minimum absolute atomic E-state index is 0.0409. The second kappa shape index (κ2) is 5.12. The number of nitrogens with zero attached hydrogens (tertiary/aromatic N) is 1. The van der Waals surface area contributed by atoms with Gasteiger partial charge in [0.15, 0.2) is 0 Å². The zero-order chi connectivity index (χ0) is 12.3. The van der Waals surface area contributed by atoms with Crippen molar-refractivity contribution >= 4 is 5.91 Å². The second-order valence-electron chi connectivity index (χ2n) is 4.25. The molecule has 1 unspecified atom stereocenters. The molecule has 1 aromatic carbocycles. The quantitative estimate of drug-likeness (QED) is 0.843. The summed E-state index contributed by atoms with van der Waals surface area (Å²) in [5, 5.41) is 0. The number of hydrogen-bond acceptors (Lipinski definition) is 2. The first kappa shape index (κ1) is 12.7. The van der Waals surface area contributed by atoms with Crippen LogP contribution in [0.2, 0.25) is 0 Å². The molecule has 1 rings (SSSR count). The van der Waals surface area contributed by atoms with Crippen molar-refractivity contribution in [3.8, 4) is 0 Å². The maximum Gasteiger partial charge on any atom is 0.254 e. The molecule has 0 bridgehead atoms. The van der Waals surface area contributed by atoms with E-state index in [9.17, 15) is 4.79 Å². The Morgan fingerprint density at radius 1 is 1.44 bits per heavy atom. The van der Waals surface area contributed by atoms with Crippen LogP contribution in [0.15, 0.2) is 18.2 Å². The third-order valence-corrected chi connectivity index (χ3v) is 3.16. The van der Waals surface area contributed by atoms with E-state index in [1.807, 2.05) is 39.0 Å². The van der Waals surface area contributed by atoms with Gasteiger partial charge in [0.1, 0.15) is 0 Å². The fourth-order valence-corrected chi connectivity index (χ4v) is 1.53. The van der Waals surface area contributed by atoms with Gasteiger partial charge in [-0.25, -0.2) is 0 Å². The highest BCUT2D eigenvalue weighted by molar-refractivity contribution is 5.96. The molecule has 0 aliphatic heterocycles. The molecule has 0 aliphatic rings. The van der Waals surface area contributed by atoms with Gasteiger partial charge >= 0.3 is 0 Å². The third-order valence-electron chi connectivity index (χ3n) is 3.16. The first-order chi connectivity index (χ1) is 7.49. The Hall–Kier alpha value is -1.35. The van der Waals surface area contributed by atoms with Crippen molar-refractivity contribution in [1.82, 2.24) is 4.90 Å². The van der Waals surface area contributed by atoms with Crippen LogP contribution in [0.3, 0.4) is 0 Å². The number of likely N-dealkylation sites (N-methyl/N-ethyl adjacent to an activating group) is 1. The van der Waals surface area contributed by atoms with Crippen LogP contribution in [0, 0.1) is 13.8 Å². The number of benzene rings is 1. The van der Waals surface area contributed by atoms with Crippen LogP contribution < -0.4 is 5.73 Å². The molecule has 3 nitrogen and oxygen atoms in total. The number of aryl methyl sites for hydroxylation is 1. The summed E-state index contributed by atoms with van der Waals surface area (Å²) in [6.07, 6.45) is 0. The van der Waals surface area contributed by atoms with Crippen LogP contribution in [-0.4, -0.2) is 30.4 Å². The summed E-state index contributed by atoms with van der Waals surface area (Å²) in [6.45, 7) is 6.41. The minimum atomic E-state index is 0.0409. The van der Waals surface area contributed by atoms with Crippen LogP contribution in [-0.2, 0) is 0 Å². The number of rotatable bonds is 3. The maximum absolute atomic E-state index is 12.2. The van der Waals surface area contributed by atoms with Gasteiger partial charge in [-0.3, -0.25) is 4.79 Å². The van der Waals surface area contributed by atoms with Crippen LogP contribution in [0.25, 0.3) is 0 Å². The molecule has 0 spiro atoms. The molecule has 3 heteroatoms. The lowest BCUT2D eigenvalue weighted by molar-refractivity contribution is 0.0747. The Morgan fingerprint density at radius 2 is 2.06 bits per heavy atom. The molecular weight excluding hydrogens is 200 g/mol. The van der Waals surface area contributed by atoms with Crippen LogP contribution in [0.5, 0.6) is 0 Å². The molecular formula is C13H20N2O. The zero-order valence-electron chi connectivity index (χ0n) is 10.4. The lowest BCUT2D eigenvalue weighted by Crippen LogP contribution is -2.40. The van der Waals surface area contributed by atoms with Gasteiger partial charge in [0.25, 0.3) is 5.91 Å². The normalized spacial score (nSPS) is 12.3. The Bertz CT molecular complexity index is 388. The van der Waals surface area contributed by atoms with Gasteiger partial charge in [-0.05, 0) is 38.0 Å². The molecule has 0 heterocycles. The average molecular weight is 220 g/mol. The first-order valence-corrected chi connectivity index (χ1v) is 5.52. The molecule has 0 fully saturated rings. The Kier molecular flexibility index (Phi) is 4.07. The van der Waals surface area contributed by atoms with E-state index in [-0.39, 0.29) is 11.9 Å². The van der Waals surface area contributed by atoms with Crippen molar-refractivity contribution in [3.05, 3.63) is 34.9 Å². The van der Waals surface area contributed by atoms with Crippen molar-refractivity contribution < 1.29 is 4.79 Å². The summed E-state index contributed by atoms with van der Waals surface area (Å²) in [6, 6.07) is 5.85. The molecule has 1 aromatic rings. The second-order valence-corrected chi connectivity index (χ2v) is 4.25. The van der Waals surface area contributed by atoms with E-state index in [0.29, 0.717) is 6.54 Å². The fraction of sp³-hybridized carbons (Fsp3) is 0.462. The fourth-order valence-electron chi connectivity index (χ4n) is 1.53. The van der Waals surface area contributed by atoms with Crippen LogP contribution >= 0.6 is 0 Å². The largest absolute Gasteiger partial charge is 0.338 e. The zero-order valence-corrected chi connectivity index (χ0v) is 10.4. The van der Waals surface area contributed by atoms with Gasteiger partial charge in [0, 0.05) is 25.2 Å². The lowest BCUT2D eigenvalue weighted by Gasteiger charge is -2.24. The van der Waals surface area contributed by atoms with Gasteiger partial charge in [-0.1, -0.05) is 12.1 Å². The van der Waals surface area contributed by atoms with Crippen molar-refractivity contribution in [2.24, 2.45) is 5.73 Å². The highest BCUT2D eigenvalue weighted by Crippen LogP contribution is 2.15. The topological polar surface area (TPSA) is 46.3 Å². The minimum Gasteiger partial charge on any atom is -0.338 e. The van der Waals surface area contributed by atoms with Gasteiger partial charge in [0.05, 0.1) is 0 Å². The molecule has 88 valence electrons. The maximum atomic E-state index is 12.2. The third kappa shape index (κ3) is 2.42. The van der Waals surface area contributed by atoms with E-state index in [1.54, 1.807) is 11.9 Å². The summed E-state index contributed by atoms with van der Waals surface area (Å²) >= 11 is 0. The van der Waals surface area contributed by atoms with E-state index in [1.165, 1.54) is 0 Å². The molecule has 1 atom stereocenters. The highest BCUT2D eigenvalue weighted by Gasteiger charge is 2.18. The molecule has 1 amide bonds. The number of amides is 1. The molecule has 16 heavy (non-hydrogen) atoms. The van der Waals surface area contributed by atoms with Crippen LogP contribution in [0.1, 0.15) is 28.4 Å². The molecule has 2 N–H and O–H groups in total. The summed E-state index contributed by atoms with van der Waals surface area (Å²) < 4.78 is 0. The average Bonchev–Trinajstić information content (AvgIpc) is 2.29. The van der Waals surface area contributed by atoms with Gasteiger partial charge < -0.3 is 10.6 Å². The number of carbonyl (C=O) groups excluding carboxylic acids is 1. The van der Waals surface area contributed by atoms with Crippen molar-refractivity contribution in [1.29, 1.82) is 0 Å². The lowest BCUT2D eigenvalue weighted by atomic mass is 10.0. The molecule has 0 aromatic heterocycles. The van der Waals surface area contributed by atoms with E-state index in [0.717, 1.165) is 16.7 Å². The van der Waals surface area contributed by atoms with Crippen molar-refractivity contribution in [3.63, 3.8) is 0 Å². The molecule has 0 aliphatic carbocycles. The van der Waals surface area contributed by atoms with Gasteiger partial charge in [-0.2, -0.15) is 0 Å². The Morgan fingerprint density at radius 3 is 2.62 bits per heavy atom. The molecule has 0 radical (unpaired) electrons. The summed E-state index contributed by atoms with van der Waals surface area (Å²) in [5.41, 5.74) is 8.51. The van der Waals surface area contributed by atoms with Gasteiger partial charge in [0.2, 0.25) is 0 Å². The van der Waals surface area contributed by atoms with Gasteiger partial charge in [-0.15, -0.1) is 0 Å². The Labute approximate surface area is 97.2 Å². The van der Waals surface area contributed by atoms with E-state index >= 15 is 0 Å². The number of carbonyl (C=O) groups is 1. The van der Waals surface area contributed by atoms with E-state index < -0.39 is 0 Å². The predicted octanol–water partition coefficient (Wildman–Crippen LogP) is 1.72. The van der Waals surface area contributed by atoms with Crippen LogP contribution in [0.4, 0.5) is 0 Å². The Balaban J connectivity index is 3.01. The monoisotopic (exact) mass is 220 g/mol. The molecule has 0 saturated carbocycles. The highest BCUT2D eigenvalue weighted by atomic mass is 16.2. The number of nitrogens with two attached hydrogens (primary N) is 1. The van der Waals surface area contributed by atoms with E-state index in [4.69, 9.17) is 5.73 Å². The first-order valence-electron chi connectivity index (χ1n) is 5.52. The van der Waals surface area contributed by atoms with Crippen molar-refractivity contribution in [2.75, 3.05) is 13.6 Å². The summed E-state index contributed by atoms with van der Waals surface area (Å²) in [7, 11) is 1.79. The SMILES string of the molecule is Cc1cccc(C(=O)N(C)C(C)CN)c1C. The smallest absolute Gasteiger partial charge is 0.254 e. The number of hydrogen-bond donors (Lipinski definition) is 1. The standard InChI is InChI=1S/C13H20N2O/c1-9-6-5-7-12(11(9)3)13(16)15(4)10(2)8-14/h5-7,10H,8,14H2,1-4H3. The summed E-state index contributed by atoms with van der Waals surface area (Å²) in [5.74, 6) is 0.0409. The predicted molar refractivity (Wildman–Crippen MR) is 66.5 cm³/mol. The van der Waals surface area contributed by atoms with Crippen molar-refractivity contribution in [2.45, 2.75) is 26.8 Å². The molecule has 0 saturated heterocycles.